The fraction of sp³-hybridized carbons (Fsp3) is 0.100. The molecule has 0 aliphatic carbocycles. The van der Waals surface area contributed by atoms with Gasteiger partial charge >= 0.3 is 5.97 Å². The van der Waals surface area contributed by atoms with Crippen LogP contribution >= 0.6 is 0 Å². The van der Waals surface area contributed by atoms with Gasteiger partial charge in [-0.15, -0.1) is 0 Å². The summed E-state index contributed by atoms with van der Waals surface area (Å²) < 4.78 is 18.3. The lowest BCUT2D eigenvalue weighted by Gasteiger charge is -1.90. The summed E-state index contributed by atoms with van der Waals surface area (Å²) in [6.45, 7) is 1.53. The van der Waals surface area contributed by atoms with Crippen molar-refractivity contribution in [2.75, 3.05) is 0 Å². The van der Waals surface area contributed by atoms with Gasteiger partial charge in [-0.05, 0) is 19.1 Å². The van der Waals surface area contributed by atoms with Crippen molar-refractivity contribution in [3.05, 3.63) is 35.3 Å². The minimum Gasteiger partial charge on any atom is -0.475 e. The van der Waals surface area contributed by atoms with Crippen molar-refractivity contribution >= 4 is 16.9 Å². The van der Waals surface area contributed by atoms with Crippen LogP contribution in [0.1, 0.15) is 16.1 Å². The number of aryl methyl sites for hydroxylation is 1. The van der Waals surface area contributed by atoms with E-state index in [0.29, 0.717) is 5.56 Å². The van der Waals surface area contributed by atoms with Crippen molar-refractivity contribution < 1.29 is 18.7 Å². The Kier molecular flexibility index (Phi) is 1.77. The first kappa shape index (κ1) is 8.74. The molecule has 0 saturated carbocycles. The molecule has 1 heterocycles. The summed E-state index contributed by atoms with van der Waals surface area (Å²) in [5.41, 5.74) is 0.588. The van der Waals surface area contributed by atoms with Gasteiger partial charge < -0.3 is 9.52 Å². The molecule has 0 fully saturated rings. The summed E-state index contributed by atoms with van der Waals surface area (Å²) in [6.07, 6.45) is 0. The van der Waals surface area contributed by atoms with Crippen LogP contribution < -0.4 is 0 Å². The van der Waals surface area contributed by atoms with Gasteiger partial charge in [0.25, 0.3) is 0 Å². The number of carbonyl (C=O) groups is 1. The van der Waals surface area contributed by atoms with Crippen molar-refractivity contribution in [1.82, 2.24) is 0 Å². The standard InChI is InChI=1S/C10H7FO3/c1-5-8-6(11)3-2-4-7(8)14-9(5)10(12)13/h2-4H,1H3,(H,12,13). The summed E-state index contributed by atoms with van der Waals surface area (Å²) in [7, 11) is 0. The second-order valence-electron chi connectivity index (χ2n) is 2.97. The first-order valence-electron chi connectivity index (χ1n) is 4.02. The van der Waals surface area contributed by atoms with Gasteiger partial charge in [-0.3, -0.25) is 0 Å². The Bertz CT molecular complexity index is 513. The normalized spacial score (nSPS) is 10.7. The lowest BCUT2D eigenvalue weighted by molar-refractivity contribution is 0.0664. The molecule has 0 aliphatic heterocycles. The largest absolute Gasteiger partial charge is 0.475 e. The fourth-order valence-electron chi connectivity index (χ4n) is 1.46. The Morgan fingerprint density at radius 1 is 1.50 bits per heavy atom. The number of carboxylic acid groups (broad SMARTS) is 1. The molecule has 2 aromatic rings. The van der Waals surface area contributed by atoms with E-state index in [4.69, 9.17) is 9.52 Å². The maximum atomic E-state index is 13.3. The SMILES string of the molecule is Cc1c(C(=O)O)oc2cccc(F)c12. The Morgan fingerprint density at radius 2 is 2.21 bits per heavy atom. The van der Waals surface area contributed by atoms with E-state index in [2.05, 4.69) is 0 Å². The average molecular weight is 194 g/mol. The number of rotatable bonds is 1. The first-order valence-corrected chi connectivity index (χ1v) is 4.02. The molecule has 3 nitrogen and oxygen atoms in total. The second kappa shape index (κ2) is 2.83. The molecule has 72 valence electrons. The molecule has 0 spiro atoms. The number of benzene rings is 1. The molecule has 0 unspecified atom stereocenters. The highest BCUT2D eigenvalue weighted by atomic mass is 19.1. The van der Waals surface area contributed by atoms with Gasteiger partial charge in [0.15, 0.2) is 0 Å². The van der Waals surface area contributed by atoms with Crippen molar-refractivity contribution in [1.29, 1.82) is 0 Å². The van der Waals surface area contributed by atoms with Crippen LogP contribution in [0.4, 0.5) is 4.39 Å². The molecular formula is C10H7FO3. The molecule has 1 aromatic heterocycles. The van der Waals surface area contributed by atoms with E-state index in [-0.39, 0.29) is 16.7 Å². The van der Waals surface area contributed by atoms with E-state index < -0.39 is 11.8 Å². The summed E-state index contributed by atoms with van der Waals surface area (Å²) in [6, 6.07) is 4.29. The monoisotopic (exact) mass is 194 g/mol. The highest BCUT2D eigenvalue weighted by Gasteiger charge is 2.18. The first-order chi connectivity index (χ1) is 6.61. The van der Waals surface area contributed by atoms with Gasteiger partial charge in [-0.25, -0.2) is 9.18 Å². The number of hydrogen-bond acceptors (Lipinski definition) is 2. The van der Waals surface area contributed by atoms with Gasteiger partial charge in [-0.1, -0.05) is 6.07 Å². The van der Waals surface area contributed by atoms with E-state index in [1.54, 1.807) is 0 Å². The zero-order chi connectivity index (χ0) is 10.3. The molecule has 1 aromatic carbocycles. The van der Waals surface area contributed by atoms with Crippen molar-refractivity contribution in [3.8, 4) is 0 Å². The predicted octanol–water partition coefficient (Wildman–Crippen LogP) is 2.58. The molecule has 0 atom stereocenters. The van der Waals surface area contributed by atoms with Crippen LogP contribution in [0.15, 0.2) is 22.6 Å². The third kappa shape index (κ3) is 1.08. The van der Waals surface area contributed by atoms with E-state index in [9.17, 15) is 9.18 Å². The molecule has 0 radical (unpaired) electrons. The molecule has 0 aliphatic rings. The van der Waals surface area contributed by atoms with Crippen LogP contribution in [0.25, 0.3) is 11.0 Å². The van der Waals surface area contributed by atoms with Crippen LogP contribution in [0.3, 0.4) is 0 Å². The number of furan rings is 1. The minimum atomic E-state index is -1.18. The van der Waals surface area contributed by atoms with Crippen LogP contribution in [0.5, 0.6) is 0 Å². The number of carboxylic acids is 1. The third-order valence-corrected chi connectivity index (χ3v) is 2.10. The average Bonchev–Trinajstić information content (AvgIpc) is 2.45. The molecule has 14 heavy (non-hydrogen) atoms. The third-order valence-electron chi connectivity index (χ3n) is 2.10. The van der Waals surface area contributed by atoms with Crippen molar-refractivity contribution in [3.63, 3.8) is 0 Å². The number of fused-ring (bicyclic) bond motifs is 1. The summed E-state index contributed by atoms with van der Waals surface area (Å²) in [5.74, 6) is -1.85. The molecule has 0 bridgehead atoms. The van der Waals surface area contributed by atoms with E-state index in [1.807, 2.05) is 0 Å². The number of aromatic carboxylic acids is 1. The summed E-state index contributed by atoms with van der Waals surface area (Å²) in [5, 5.41) is 8.98. The van der Waals surface area contributed by atoms with Gasteiger partial charge in [-0.2, -0.15) is 0 Å². The zero-order valence-electron chi connectivity index (χ0n) is 7.37. The molecular weight excluding hydrogens is 187 g/mol. The highest BCUT2D eigenvalue weighted by molar-refractivity contribution is 5.95. The fourth-order valence-corrected chi connectivity index (χ4v) is 1.46. The maximum absolute atomic E-state index is 13.3. The minimum absolute atomic E-state index is 0.204. The van der Waals surface area contributed by atoms with Crippen molar-refractivity contribution in [2.24, 2.45) is 0 Å². The predicted molar refractivity (Wildman–Crippen MR) is 47.9 cm³/mol. The summed E-state index contributed by atoms with van der Waals surface area (Å²) >= 11 is 0. The Balaban J connectivity index is 2.87. The maximum Gasteiger partial charge on any atom is 0.372 e. The van der Waals surface area contributed by atoms with Gasteiger partial charge in [0.05, 0.1) is 5.39 Å². The van der Waals surface area contributed by atoms with E-state index in [1.165, 1.54) is 25.1 Å². The number of hydrogen-bond donors (Lipinski definition) is 1. The van der Waals surface area contributed by atoms with Crippen LogP contribution in [0, 0.1) is 12.7 Å². The molecule has 0 amide bonds. The van der Waals surface area contributed by atoms with Crippen molar-refractivity contribution in [2.45, 2.75) is 6.92 Å². The van der Waals surface area contributed by atoms with Gasteiger partial charge in [0, 0.05) is 5.56 Å². The lowest BCUT2D eigenvalue weighted by Crippen LogP contribution is -1.95. The molecule has 2 rings (SSSR count). The van der Waals surface area contributed by atoms with E-state index in [0.717, 1.165) is 0 Å². The molecule has 1 N–H and O–H groups in total. The van der Waals surface area contributed by atoms with Gasteiger partial charge in [0.1, 0.15) is 11.4 Å². The van der Waals surface area contributed by atoms with Crippen LogP contribution in [-0.2, 0) is 0 Å². The number of halogens is 1. The summed E-state index contributed by atoms with van der Waals surface area (Å²) in [4.78, 5) is 10.7. The smallest absolute Gasteiger partial charge is 0.372 e. The Morgan fingerprint density at radius 3 is 2.79 bits per heavy atom. The topological polar surface area (TPSA) is 50.4 Å². The highest BCUT2D eigenvalue weighted by Crippen LogP contribution is 2.27. The van der Waals surface area contributed by atoms with E-state index >= 15 is 0 Å². The Hall–Kier alpha value is -1.84. The van der Waals surface area contributed by atoms with Crippen LogP contribution in [0.2, 0.25) is 0 Å². The van der Waals surface area contributed by atoms with Crippen LogP contribution in [-0.4, -0.2) is 11.1 Å². The second-order valence-corrected chi connectivity index (χ2v) is 2.97. The molecule has 0 saturated heterocycles. The van der Waals surface area contributed by atoms with Gasteiger partial charge in [0.2, 0.25) is 5.76 Å². The lowest BCUT2D eigenvalue weighted by atomic mass is 10.1. The molecule has 4 heteroatoms. The zero-order valence-corrected chi connectivity index (χ0v) is 7.37. The quantitative estimate of drug-likeness (QED) is 0.758. The Labute approximate surface area is 78.8 Å².